The number of aryl methyl sites for hydroxylation is 1. The zero-order chi connectivity index (χ0) is 20.1. The lowest BCUT2D eigenvalue weighted by Gasteiger charge is -2.30. The van der Waals surface area contributed by atoms with Crippen LogP contribution in [0.3, 0.4) is 0 Å². The number of anilines is 2. The SMILES string of the molecule is Cc1cc(C(=O)Nc2ccc(OCC3CCCO3)cc2)ccc1N1CCOCC1. The molecule has 4 rings (SSSR count). The van der Waals surface area contributed by atoms with Crippen LogP contribution in [0.2, 0.25) is 0 Å². The molecule has 2 aliphatic heterocycles. The van der Waals surface area contributed by atoms with Gasteiger partial charge in [-0.25, -0.2) is 0 Å². The van der Waals surface area contributed by atoms with Gasteiger partial charge in [0.2, 0.25) is 0 Å². The second-order valence-electron chi connectivity index (χ2n) is 7.53. The van der Waals surface area contributed by atoms with Crippen LogP contribution in [0, 0.1) is 6.92 Å². The lowest BCUT2D eigenvalue weighted by atomic mass is 10.1. The highest BCUT2D eigenvalue weighted by Gasteiger charge is 2.17. The molecule has 0 spiro atoms. The first kappa shape index (κ1) is 19.7. The average molecular weight is 396 g/mol. The average Bonchev–Trinajstić information content (AvgIpc) is 3.27. The molecule has 0 aliphatic carbocycles. The molecule has 0 bridgehead atoms. The summed E-state index contributed by atoms with van der Waals surface area (Å²) in [4.78, 5) is 14.9. The molecule has 1 atom stereocenters. The molecular weight excluding hydrogens is 368 g/mol. The number of nitrogens with zero attached hydrogens (tertiary/aromatic N) is 1. The van der Waals surface area contributed by atoms with E-state index in [2.05, 4.69) is 10.2 Å². The van der Waals surface area contributed by atoms with Gasteiger partial charge in [0.25, 0.3) is 5.91 Å². The fourth-order valence-corrected chi connectivity index (χ4v) is 3.76. The van der Waals surface area contributed by atoms with Crippen molar-refractivity contribution >= 4 is 17.3 Å². The molecule has 0 saturated carbocycles. The Labute approximate surface area is 171 Å². The third kappa shape index (κ3) is 5.08. The molecule has 2 aromatic carbocycles. The van der Waals surface area contributed by atoms with E-state index in [0.717, 1.165) is 68.4 Å². The molecule has 0 radical (unpaired) electrons. The number of rotatable bonds is 6. The van der Waals surface area contributed by atoms with E-state index in [-0.39, 0.29) is 12.0 Å². The van der Waals surface area contributed by atoms with Gasteiger partial charge in [0.05, 0.1) is 19.3 Å². The van der Waals surface area contributed by atoms with Crippen LogP contribution in [0.15, 0.2) is 42.5 Å². The molecule has 1 unspecified atom stereocenters. The summed E-state index contributed by atoms with van der Waals surface area (Å²) in [5.41, 5.74) is 3.66. The Morgan fingerprint density at radius 3 is 2.62 bits per heavy atom. The monoisotopic (exact) mass is 396 g/mol. The molecule has 2 aromatic rings. The Bertz CT molecular complexity index is 825. The lowest BCUT2D eigenvalue weighted by Crippen LogP contribution is -2.36. The second kappa shape index (κ2) is 9.29. The first-order valence-electron chi connectivity index (χ1n) is 10.3. The molecule has 6 heteroatoms. The van der Waals surface area contributed by atoms with E-state index in [4.69, 9.17) is 14.2 Å². The number of benzene rings is 2. The van der Waals surface area contributed by atoms with Crippen molar-refractivity contribution in [1.29, 1.82) is 0 Å². The van der Waals surface area contributed by atoms with Crippen molar-refractivity contribution in [2.45, 2.75) is 25.9 Å². The van der Waals surface area contributed by atoms with Gasteiger partial charge >= 0.3 is 0 Å². The minimum atomic E-state index is -0.116. The van der Waals surface area contributed by atoms with E-state index in [1.54, 1.807) is 0 Å². The predicted octanol–water partition coefficient (Wildman–Crippen LogP) is 3.64. The van der Waals surface area contributed by atoms with Gasteiger partial charge in [0.15, 0.2) is 0 Å². The molecule has 2 heterocycles. The minimum absolute atomic E-state index is 0.116. The molecule has 6 nitrogen and oxygen atoms in total. The Morgan fingerprint density at radius 2 is 1.93 bits per heavy atom. The van der Waals surface area contributed by atoms with Crippen molar-refractivity contribution in [2.75, 3.05) is 49.7 Å². The van der Waals surface area contributed by atoms with Gasteiger partial charge < -0.3 is 24.4 Å². The van der Waals surface area contributed by atoms with Crippen LogP contribution >= 0.6 is 0 Å². The normalized spacial score (nSPS) is 19.2. The highest BCUT2D eigenvalue weighted by atomic mass is 16.5. The molecule has 0 aromatic heterocycles. The number of amides is 1. The fraction of sp³-hybridized carbons (Fsp3) is 0.435. The van der Waals surface area contributed by atoms with Gasteiger partial charge in [0, 0.05) is 36.6 Å². The standard InChI is InChI=1S/C23H28N2O4/c1-17-15-18(4-9-22(17)25-10-13-27-14-11-25)23(26)24-19-5-7-20(8-6-19)29-16-21-3-2-12-28-21/h4-9,15,21H,2-3,10-14,16H2,1H3,(H,24,26). The summed E-state index contributed by atoms with van der Waals surface area (Å²) in [6, 6.07) is 13.3. The summed E-state index contributed by atoms with van der Waals surface area (Å²) in [7, 11) is 0. The van der Waals surface area contributed by atoms with E-state index in [0.29, 0.717) is 12.2 Å². The molecule has 2 aliphatic rings. The largest absolute Gasteiger partial charge is 0.491 e. The molecule has 2 saturated heterocycles. The van der Waals surface area contributed by atoms with Crippen molar-refractivity contribution in [2.24, 2.45) is 0 Å². The van der Waals surface area contributed by atoms with Gasteiger partial charge in [-0.15, -0.1) is 0 Å². The zero-order valence-corrected chi connectivity index (χ0v) is 16.9. The highest BCUT2D eigenvalue weighted by Crippen LogP contribution is 2.23. The van der Waals surface area contributed by atoms with Gasteiger partial charge in [-0.2, -0.15) is 0 Å². The Balaban J connectivity index is 1.34. The third-order valence-electron chi connectivity index (χ3n) is 5.38. The highest BCUT2D eigenvalue weighted by molar-refractivity contribution is 6.04. The number of morpholine rings is 1. The number of carbonyl (C=O) groups is 1. The zero-order valence-electron chi connectivity index (χ0n) is 16.9. The van der Waals surface area contributed by atoms with Crippen LogP contribution in [0.5, 0.6) is 5.75 Å². The number of carbonyl (C=O) groups excluding carboxylic acids is 1. The minimum Gasteiger partial charge on any atom is -0.491 e. The molecule has 2 fully saturated rings. The van der Waals surface area contributed by atoms with Crippen LogP contribution in [0.25, 0.3) is 0 Å². The van der Waals surface area contributed by atoms with E-state index in [1.165, 1.54) is 0 Å². The maximum absolute atomic E-state index is 12.6. The summed E-state index contributed by atoms with van der Waals surface area (Å²) in [6.45, 7) is 6.69. The topological polar surface area (TPSA) is 60.0 Å². The van der Waals surface area contributed by atoms with Crippen molar-refractivity contribution in [3.63, 3.8) is 0 Å². The van der Waals surface area contributed by atoms with Crippen LogP contribution in [-0.4, -0.2) is 51.5 Å². The van der Waals surface area contributed by atoms with E-state index in [9.17, 15) is 4.79 Å². The van der Waals surface area contributed by atoms with E-state index >= 15 is 0 Å². The summed E-state index contributed by atoms with van der Waals surface area (Å²) in [5, 5.41) is 2.96. The maximum Gasteiger partial charge on any atom is 0.255 e. The van der Waals surface area contributed by atoms with Gasteiger partial charge in [0.1, 0.15) is 12.4 Å². The summed E-state index contributed by atoms with van der Waals surface area (Å²) < 4.78 is 16.8. The predicted molar refractivity (Wildman–Crippen MR) is 113 cm³/mol. The number of hydrogen-bond acceptors (Lipinski definition) is 5. The van der Waals surface area contributed by atoms with E-state index < -0.39 is 0 Å². The molecule has 29 heavy (non-hydrogen) atoms. The molecule has 154 valence electrons. The maximum atomic E-state index is 12.6. The first-order chi connectivity index (χ1) is 14.2. The number of nitrogens with one attached hydrogen (secondary N) is 1. The van der Waals surface area contributed by atoms with Crippen LogP contribution in [0.4, 0.5) is 11.4 Å². The molecular formula is C23H28N2O4. The lowest BCUT2D eigenvalue weighted by molar-refractivity contribution is 0.0679. The first-order valence-corrected chi connectivity index (χ1v) is 10.3. The summed E-state index contributed by atoms with van der Waals surface area (Å²) in [6.07, 6.45) is 2.35. The summed E-state index contributed by atoms with van der Waals surface area (Å²) >= 11 is 0. The van der Waals surface area contributed by atoms with Gasteiger partial charge in [-0.3, -0.25) is 4.79 Å². The van der Waals surface area contributed by atoms with E-state index in [1.807, 2.05) is 49.4 Å². The smallest absolute Gasteiger partial charge is 0.255 e. The number of ether oxygens (including phenoxy) is 3. The Kier molecular flexibility index (Phi) is 6.32. The fourth-order valence-electron chi connectivity index (χ4n) is 3.76. The van der Waals surface area contributed by atoms with Crippen LogP contribution < -0.4 is 15.0 Å². The van der Waals surface area contributed by atoms with Gasteiger partial charge in [-0.05, 0) is 67.8 Å². The molecule has 1 amide bonds. The van der Waals surface area contributed by atoms with Crippen molar-refractivity contribution in [3.05, 3.63) is 53.6 Å². The van der Waals surface area contributed by atoms with Gasteiger partial charge in [-0.1, -0.05) is 0 Å². The summed E-state index contributed by atoms with van der Waals surface area (Å²) in [5.74, 6) is 0.666. The van der Waals surface area contributed by atoms with Crippen molar-refractivity contribution < 1.29 is 19.0 Å². The molecule has 1 N–H and O–H groups in total. The third-order valence-corrected chi connectivity index (χ3v) is 5.38. The Morgan fingerprint density at radius 1 is 1.14 bits per heavy atom. The van der Waals surface area contributed by atoms with Crippen LogP contribution in [0.1, 0.15) is 28.8 Å². The van der Waals surface area contributed by atoms with Crippen molar-refractivity contribution in [3.8, 4) is 5.75 Å². The second-order valence-corrected chi connectivity index (χ2v) is 7.53. The van der Waals surface area contributed by atoms with Crippen LogP contribution in [-0.2, 0) is 9.47 Å². The Hall–Kier alpha value is -2.57. The van der Waals surface area contributed by atoms with Crippen molar-refractivity contribution in [1.82, 2.24) is 0 Å². The quantitative estimate of drug-likeness (QED) is 0.808. The number of hydrogen-bond donors (Lipinski definition) is 1.